The Morgan fingerprint density at radius 3 is 2.44 bits per heavy atom. The standard InChI is InChI=1S/C14H12N2O2/c1-10-4-6-11(7-5-10)13(16-18)14(17)12-3-2-8-15-9-12/h2-9,18H,1H3. The quantitative estimate of drug-likeness (QED) is 0.388. The SMILES string of the molecule is Cc1ccc(C(=NO)C(=O)c2cccnc2)cc1. The van der Waals surface area contributed by atoms with E-state index in [4.69, 9.17) is 5.21 Å². The van der Waals surface area contributed by atoms with E-state index < -0.39 is 0 Å². The Labute approximate surface area is 105 Å². The zero-order valence-corrected chi connectivity index (χ0v) is 9.87. The second-order valence-electron chi connectivity index (χ2n) is 3.89. The summed E-state index contributed by atoms with van der Waals surface area (Å²) in [6, 6.07) is 10.5. The fourth-order valence-electron chi connectivity index (χ4n) is 1.58. The van der Waals surface area contributed by atoms with Gasteiger partial charge in [0.2, 0.25) is 5.78 Å². The third-order valence-corrected chi connectivity index (χ3v) is 2.56. The highest BCUT2D eigenvalue weighted by atomic mass is 16.4. The fourth-order valence-corrected chi connectivity index (χ4v) is 1.58. The first kappa shape index (κ1) is 12.0. The second kappa shape index (κ2) is 5.23. The van der Waals surface area contributed by atoms with Gasteiger partial charge in [0.05, 0.1) is 0 Å². The Morgan fingerprint density at radius 1 is 1.17 bits per heavy atom. The smallest absolute Gasteiger partial charge is 0.216 e. The number of rotatable bonds is 3. The predicted octanol–water partition coefficient (Wildman–Crippen LogP) is 2.45. The Morgan fingerprint density at radius 2 is 1.89 bits per heavy atom. The number of benzene rings is 1. The third-order valence-electron chi connectivity index (χ3n) is 2.56. The van der Waals surface area contributed by atoms with E-state index in [1.54, 1.807) is 30.5 Å². The summed E-state index contributed by atoms with van der Waals surface area (Å²) in [6.45, 7) is 1.95. The molecule has 18 heavy (non-hydrogen) atoms. The van der Waals surface area contributed by atoms with Gasteiger partial charge in [0.1, 0.15) is 0 Å². The first-order chi connectivity index (χ1) is 8.72. The van der Waals surface area contributed by atoms with Gasteiger partial charge in [0, 0.05) is 23.5 Å². The van der Waals surface area contributed by atoms with Crippen molar-refractivity contribution in [2.45, 2.75) is 6.92 Å². The van der Waals surface area contributed by atoms with Crippen LogP contribution in [0.4, 0.5) is 0 Å². The Bertz CT molecular complexity index is 575. The van der Waals surface area contributed by atoms with Gasteiger partial charge in [0.25, 0.3) is 0 Å². The summed E-state index contributed by atoms with van der Waals surface area (Å²) in [5.74, 6) is -0.352. The van der Waals surface area contributed by atoms with Crippen LogP contribution in [0.1, 0.15) is 21.5 Å². The molecule has 0 amide bonds. The Balaban J connectivity index is 2.36. The van der Waals surface area contributed by atoms with Crippen LogP contribution in [0, 0.1) is 6.92 Å². The molecule has 0 saturated heterocycles. The van der Waals surface area contributed by atoms with Crippen molar-refractivity contribution < 1.29 is 10.0 Å². The van der Waals surface area contributed by atoms with Gasteiger partial charge in [-0.15, -0.1) is 0 Å². The minimum absolute atomic E-state index is 0.0167. The van der Waals surface area contributed by atoms with Crippen molar-refractivity contribution >= 4 is 11.5 Å². The van der Waals surface area contributed by atoms with Gasteiger partial charge in [-0.25, -0.2) is 0 Å². The van der Waals surface area contributed by atoms with E-state index >= 15 is 0 Å². The first-order valence-electron chi connectivity index (χ1n) is 5.46. The minimum Gasteiger partial charge on any atom is -0.410 e. The van der Waals surface area contributed by atoms with Gasteiger partial charge < -0.3 is 5.21 Å². The largest absolute Gasteiger partial charge is 0.410 e. The van der Waals surface area contributed by atoms with E-state index in [-0.39, 0.29) is 11.5 Å². The van der Waals surface area contributed by atoms with Crippen molar-refractivity contribution in [1.29, 1.82) is 0 Å². The van der Waals surface area contributed by atoms with Crippen molar-refractivity contribution in [2.24, 2.45) is 5.16 Å². The number of pyridine rings is 1. The maximum atomic E-state index is 12.1. The average Bonchev–Trinajstić information content (AvgIpc) is 2.42. The molecule has 1 heterocycles. The Kier molecular flexibility index (Phi) is 3.48. The number of aromatic nitrogens is 1. The number of hydrogen-bond acceptors (Lipinski definition) is 4. The second-order valence-corrected chi connectivity index (χ2v) is 3.89. The highest BCUT2D eigenvalue weighted by Gasteiger charge is 2.16. The van der Waals surface area contributed by atoms with Gasteiger partial charge in [-0.2, -0.15) is 0 Å². The zero-order valence-electron chi connectivity index (χ0n) is 9.87. The van der Waals surface area contributed by atoms with Gasteiger partial charge >= 0.3 is 0 Å². The van der Waals surface area contributed by atoms with Gasteiger partial charge in [-0.1, -0.05) is 35.0 Å². The summed E-state index contributed by atoms with van der Waals surface area (Å²) < 4.78 is 0. The van der Waals surface area contributed by atoms with E-state index in [0.717, 1.165) is 5.56 Å². The highest BCUT2D eigenvalue weighted by molar-refractivity contribution is 6.51. The topological polar surface area (TPSA) is 62.6 Å². The molecule has 4 nitrogen and oxygen atoms in total. The molecule has 2 rings (SSSR count). The summed E-state index contributed by atoms with van der Waals surface area (Å²) in [6.07, 6.45) is 3.03. The molecular weight excluding hydrogens is 228 g/mol. The highest BCUT2D eigenvalue weighted by Crippen LogP contribution is 2.09. The minimum atomic E-state index is -0.352. The van der Waals surface area contributed by atoms with Crippen LogP contribution in [-0.4, -0.2) is 21.7 Å². The fraction of sp³-hybridized carbons (Fsp3) is 0.0714. The van der Waals surface area contributed by atoms with Crippen molar-refractivity contribution in [2.75, 3.05) is 0 Å². The average molecular weight is 240 g/mol. The molecule has 90 valence electrons. The van der Waals surface area contributed by atoms with Crippen molar-refractivity contribution in [3.63, 3.8) is 0 Å². The van der Waals surface area contributed by atoms with Gasteiger partial charge in [-0.05, 0) is 19.1 Å². The number of hydrogen-bond donors (Lipinski definition) is 1. The third kappa shape index (κ3) is 2.43. The summed E-state index contributed by atoms with van der Waals surface area (Å²) >= 11 is 0. The summed E-state index contributed by atoms with van der Waals surface area (Å²) in [5, 5.41) is 12.1. The molecule has 1 N–H and O–H groups in total. The molecular formula is C14H12N2O2. The van der Waals surface area contributed by atoms with Crippen molar-refractivity contribution in [1.82, 2.24) is 4.98 Å². The molecule has 1 aromatic carbocycles. The first-order valence-corrected chi connectivity index (χ1v) is 5.46. The molecule has 0 saturated carbocycles. The van der Waals surface area contributed by atoms with Crippen LogP contribution in [0.2, 0.25) is 0 Å². The van der Waals surface area contributed by atoms with Gasteiger partial charge in [-0.3, -0.25) is 9.78 Å². The number of ketones is 1. The number of nitrogens with zero attached hydrogens (tertiary/aromatic N) is 2. The van der Waals surface area contributed by atoms with Crippen molar-refractivity contribution in [3.05, 3.63) is 65.5 Å². The molecule has 0 aliphatic carbocycles. The predicted molar refractivity (Wildman–Crippen MR) is 68.1 cm³/mol. The summed E-state index contributed by atoms with van der Waals surface area (Å²) in [5.41, 5.74) is 2.07. The molecule has 4 heteroatoms. The normalized spacial score (nSPS) is 11.3. The van der Waals surface area contributed by atoms with Crippen LogP contribution in [0.15, 0.2) is 53.9 Å². The molecule has 0 bridgehead atoms. The molecule has 0 spiro atoms. The molecule has 0 fully saturated rings. The number of oxime groups is 1. The molecule has 0 atom stereocenters. The number of carbonyl (C=O) groups is 1. The lowest BCUT2D eigenvalue weighted by atomic mass is 10.0. The monoisotopic (exact) mass is 240 g/mol. The number of carbonyl (C=O) groups excluding carboxylic acids is 1. The molecule has 0 radical (unpaired) electrons. The van der Waals surface area contributed by atoms with Gasteiger partial charge in [0.15, 0.2) is 5.71 Å². The maximum absolute atomic E-state index is 12.1. The summed E-state index contributed by atoms with van der Waals surface area (Å²) in [7, 11) is 0. The Hall–Kier alpha value is -2.49. The molecule has 0 unspecified atom stereocenters. The lowest BCUT2D eigenvalue weighted by Crippen LogP contribution is -2.16. The van der Waals surface area contributed by atoms with E-state index in [9.17, 15) is 4.79 Å². The van der Waals surface area contributed by atoms with E-state index in [0.29, 0.717) is 11.1 Å². The lowest BCUT2D eigenvalue weighted by Gasteiger charge is -2.04. The molecule has 0 aliphatic heterocycles. The van der Waals surface area contributed by atoms with Crippen LogP contribution in [0.5, 0.6) is 0 Å². The zero-order chi connectivity index (χ0) is 13.0. The van der Waals surface area contributed by atoms with Crippen LogP contribution in [-0.2, 0) is 0 Å². The molecule has 0 aliphatic rings. The van der Waals surface area contributed by atoms with E-state index in [1.165, 1.54) is 6.20 Å². The molecule has 2 aromatic rings. The summed E-state index contributed by atoms with van der Waals surface area (Å²) in [4.78, 5) is 16.0. The van der Waals surface area contributed by atoms with Crippen LogP contribution >= 0.6 is 0 Å². The lowest BCUT2D eigenvalue weighted by molar-refractivity contribution is 0.106. The van der Waals surface area contributed by atoms with Crippen LogP contribution in [0.25, 0.3) is 0 Å². The maximum Gasteiger partial charge on any atom is 0.216 e. The van der Waals surface area contributed by atoms with Crippen LogP contribution < -0.4 is 0 Å². The van der Waals surface area contributed by atoms with E-state index in [1.807, 2.05) is 19.1 Å². The van der Waals surface area contributed by atoms with E-state index in [2.05, 4.69) is 10.1 Å². The van der Waals surface area contributed by atoms with Crippen LogP contribution in [0.3, 0.4) is 0 Å². The number of Topliss-reactive ketones (excluding diaryl/α,β-unsaturated/α-hetero) is 1. The number of aryl methyl sites for hydroxylation is 1. The molecule has 1 aromatic heterocycles. The van der Waals surface area contributed by atoms with Crippen molar-refractivity contribution in [3.8, 4) is 0 Å².